The minimum absolute atomic E-state index is 0.123. The van der Waals surface area contributed by atoms with Gasteiger partial charge in [-0.3, -0.25) is 14.5 Å². The first-order valence-corrected chi connectivity index (χ1v) is 11.3. The third kappa shape index (κ3) is 4.12. The number of ether oxygens (including phenoxy) is 1. The lowest BCUT2D eigenvalue weighted by Crippen LogP contribution is -2.39. The molecule has 2 heterocycles. The lowest BCUT2D eigenvalue weighted by Gasteiger charge is -2.31. The zero-order valence-corrected chi connectivity index (χ0v) is 18.6. The van der Waals surface area contributed by atoms with Gasteiger partial charge in [0.2, 0.25) is 5.91 Å². The van der Waals surface area contributed by atoms with Crippen molar-refractivity contribution in [3.8, 4) is 5.75 Å². The van der Waals surface area contributed by atoms with Crippen LogP contribution in [-0.4, -0.2) is 40.6 Å². The smallest absolute Gasteiger partial charge is 0.275 e. The maximum atomic E-state index is 13.0. The molecule has 1 unspecified atom stereocenters. The molecule has 0 radical (unpaired) electrons. The summed E-state index contributed by atoms with van der Waals surface area (Å²) in [6.07, 6.45) is 0. The van der Waals surface area contributed by atoms with E-state index in [4.69, 9.17) is 9.73 Å². The van der Waals surface area contributed by atoms with E-state index in [1.165, 1.54) is 11.8 Å². The highest BCUT2D eigenvalue weighted by molar-refractivity contribution is 8.14. The van der Waals surface area contributed by atoms with Crippen LogP contribution in [-0.2, 0) is 9.59 Å². The van der Waals surface area contributed by atoms with Crippen molar-refractivity contribution in [1.29, 1.82) is 0 Å². The van der Waals surface area contributed by atoms with Crippen LogP contribution < -0.4 is 10.1 Å². The molecular formula is C25H20N4O3S. The summed E-state index contributed by atoms with van der Waals surface area (Å²) in [6.45, 7) is 0. The number of para-hydroxylation sites is 1. The Morgan fingerprint density at radius 2 is 1.82 bits per heavy atom. The highest BCUT2D eigenvalue weighted by atomic mass is 32.2. The first-order chi connectivity index (χ1) is 16.1. The molecule has 5 rings (SSSR count). The number of nitrogens with one attached hydrogen (secondary N) is 1. The topological polar surface area (TPSA) is 83.4 Å². The number of aliphatic imine (C=N–C) groups is 2. The van der Waals surface area contributed by atoms with E-state index in [-0.39, 0.29) is 17.6 Å². The van der Waals surface area contributed by atoms with E-state index in [1.54, 1.807) is 19.2 Å². The number of hydrogen-bond donors (Lipinski definition) is 1. The van der Waals surface area contributed by atoms with E-state index in [1.807, 2.05) is 71.6 Å². The predicted octanol–water partition coefficient (Wildman–Crippen LogP) is 4.40. The molecule has 0 saturated carbocycles. The Morgan fingerprint density at radius 1 is 1.03 bits per heavy atom. The molecule has 2 aliphatic rings. The standard InChI is InChI=1S/C25H20N4O3S/c1-32-18-11-7-10-17(14-18)26-21(30)15-33-25-27-20-13-6-5-12-19(20)23-28-24(31)22(29(23)25)16-8-3-2-4-9-16/h2-14,22H,15H2,1H3,(H,26,30). The molecule has 0 aliphatic carbocycles. The fourth-order valence-electron chi connectivity index (χ4n) is 3.82. The van der Waals surface area contributed by atoms with Gasteiger partial charge in [0.15, 0.2) is 5.17 Å². The molecule has 7 nitrogen and oxygen atoms in total. The number of carbonyl (C=O) groups excluding carboxylic acids is 2. The predicted molar refractivity (Wildman–Crippen MR) is 130 cm³/mol. The summed E-state index contributed by atoms with van der Waals surface area (Å²) < 4.78 is 5.21. The molecule has 2 amide bonds. The second-order valence-corrected chi connectivity index (χ2v) is 8.38. The Bertz CT molecular complexity index is 1290. The maximum absolute atomic E-state index is 13.0. The van der Waals surface area contributed by atoms with Crippen molar-refractivity contribution in [3.63, 3.8) is 0 Å². The van der Waals surface area contributed by atoms with E-state index < -0.39 is 6.04 Å². The van der Waals surface area contributed by atoms with Gasteiger partial charge in [0.05, 0.1) is 18.6 Å². The van der Waals surface area contributed by atoms with Crippen molar-refractivity contribution in [2.24, 2.45) is 9.98 Å². The molecule has 0 aromatic heterocycles. The number of amides is 2. The minimum Gasteiger partial charge on any atom is -0.497 e. The van der Waals surface area contributed by atoms with Crippen LogP contribution in [0.4, 0.5) is 11.4 Å². The quantitative estimate of drug-likeness (QED) is 0.615. The molecule has 3 aromatic rings. The molecule has 0 saturated heterocycles. The van der Waals surface area contributed by atoms with Crippen molar-refractivity contribution in [2.45, 2.75) is 6.04 Å². The number of benzene rings is 3. The van der Waals surface area contributed by atoms with Crippen LogP contribution in [0.1, 0.15) is 17.2 Å². The Hall–Kier alpha value is -3.91. The Morgan fingerprint density at radius 3 is 2.64 bits per heavy atom. The summed E-state index contributed by atoms with van der Waals surface area (Å²) in [5.74, 6) is 0.917. The van der Waals surface area contributed by atoms with Crippen molar-refractivity contribution >= 4 is 46.0 Å². The number of fused-ring (bicyclic) bond motifs is 3. The monoisotopic (exact) mass is 456 g/mol. The Balaban J connectivity index is 1.41. The average molecular weight is 457 g/mol. The van der Waals surface area contributed by atoms with Crippen molar-refractivity contribution in [3.05, 3.63) is 90.0 Å². The summed E-state index contributed by atoms with van der Waals surface area (Å²) in [7, 11) is 1.58. The van der Waals surface area contributed by atoms with Crippen LogP contribution >= 0.6 is 11.8 Å². The molecule has 0 spiro atoms. The van der Waals surface area contributed by atoms with Gasteiger partial charge >= 0.3 is 0 Å². The first kappa shape index (κ1) is 21.0. The van der Waals surface area contributed by atoms with Gasteiger partial charge in [-0.1, -0.05) is 60.3 Å². The van der Waals surface area contributed by atoms with Gasteiger partial charge in [0.1, 0.15) is 17.6 Å². The van der Waals surface area contributed by atoms with Crippen LogP contribution in [0.2, 0.25) is 0 Å². The zero-order valence-electron chi connectivity index (χ0n) is 17.8. The summed E-state index contributed by atoms with van der Waals surface area (Å²) in [5.41, 5.74) is 3.01. The maximum Gasteiger partial charge on any atom is 0.275 e. The fraction of sp³-hybridized carbons (Fsp3) is 0.120. The Kier molecular flexibility index (Phi) is 5.66. The molecule has 8 heteroatoms. The average Bonchev–Trinajstić information content (AvgIpc) is 3.20. The van der Waals surface area contributed by atoms with Crippen LogP contribution in [0.15, 0.2) is 88.8 Å². The summed E-state index contributed by atoms with van der Waals surface area (Å²) >= 11 is 1.27. The largest absolute Gasteiger partial charge is 0.497 e. The van der Waals surface area contributed by atoms with E-state index in [0.29, 0.717) is 22.4 Å². The summed E-state index contributed by atoms with van der Waals surface area (Å²) in [4.78, 5) is 36.6. The van der Waals surface area contributed by atoms with Gasteiger partial charge < -0.3 is 10.1 Å². The lowest BCUT2D eigenvalue weighted by molar-refractivity contribution is -0.119. The van der Waals surface area contributed by atoms with Gasteiger partial charge in [-0.05, 0) is 29.8 Å². The van der Waals surface area contributed by atoms with E-state index in [0.717, 1.165) is 16.8 Å². The van der Waals surface area contributed by atoms with E-state index in [9.17, 15) is 9.59 Å². The van der Waals surface area contributed by atoms with Crippen LogP contribution in [0.5, 0.6) is 5.75 Å². The second kappa shape index (κ2) is 8.91. The number of methoxy groups -OCH3 is 1. The molecule has 2 aliphatic heterocycles. The van der Waals surface area contributed by atoms with Gasteiger partial charge in [-0.2, -0.15) is 4.99 Å². The number of anilines is 1. The van der Waals surface area contributed by atoms with E-state index in [2.05, 4.69) is 10.3 Å². The normalized spacial score (nSPS) is 16.5. The SMILES string of the molecule is COc1cccc(NC(=O)CSC2=Nc3ccccc3C3=NC(=O)C(c4ccccc4)N23)c1. The molecule has 3 aromatic carbocycles. The summed E-state index contributed by atoms with van der Waals surface area (Å²) in [5, 5.41) is 3.44. The fourth-order valence-corrected chi connectivity index (χ4v) is 4.64. The van der Waals surface area contributed by atoms with Crippen molar-refractivity contribution < 1.29 is 14.3 Å². The highest BCUT2D eigenvalue weighted by Gasteiger charge is 2.42. The molecule has 164 valence electrons. The Labute approximate surface area is 195 Å². The molecular weight excluding hydrogens is 436 g/mol. The molecule has 0 fully saturated rings. The van der Waals surface area contributed by atoms with E-state index >= 15 is 0 Å². The number of hydrogen-bond acceptors (Lipinski definition) is 6. The van der Waals surface area contributed by atoms with Gasteiger partial charge in [-0.25, -0.2) is 4.99 Å². The summed E-state index contributed by atoms with van der Waals surface area (Å²) in [6, 6.07) is 23.6. The van der Waals surface area contributed by atoms with Gasteiger partial charge in [0.25, 0.3) is 5.91 Å². The number of thioether (sulfide) groups is 1. The van der Waals surface area contributed by atoms with Gasteiger partial charge in [0, 0.05) is 17.3 Å². The molecule has 0 bridgehead atoms. The van der Waals surface area contributed by atoms with Crippen LogP contribution in [0, 0.1) is 0 Å². The molecule has 1 atom stereocenters. The van der Waals surface area contributed by atoms with Crippen LogP contribution in [0.3, 0.4) is 0 Å². The minimum atomic E-state index is -0.609. The molecule has 1 N–H and O–H groups in total. The van der Waals surface area contributed by atoms with Crippen LogP contribution in [0.25, 0.3) is 0 Å². The zero-order chi connectivity index (χ0) is 22.8. The third-order valence-electron chi connectivity index (χ3n) is 5.30. The number of carbonyl (C=O) groups is 2. The molecule has 33 heavy (non-hydrogen) atoms. The van der Waals surface area contributed by atoms with Crippen molar-refractivity contribution in [1.82, 2.24) is 4.90 Å². The first-order valence-electron chi connectivity index (χ1n) is 10.4. The third-order valence-corrected chi connectivity index (χ3v) is 6.26. The van der Waals surface area contributed by atoms with Gasteiger partial charge in [-0.15, -0.1) is 0 Å². The second-order valence-electron chi connectivity index (χ2n) is 7.44. The highest BCUT2D eigenvalue weighted by Crippen LogP contribution is 2.39. The number of nitrogens with zero attached hydrogens (tertiary/aromatic N) is 3. The van der Waals surface area contributed by atoms with Crippen molar-refractivity contribution in [2.75, 3.05) is 18.2 Å². The lowest BCUT2D eigenvalue weighted by atomic mass is 10.0. The number of amidine groups is 2. The number of rotatable bonds is 5.